The minimum absolute atomic E-state index is 0.150. The Morgan fingerprint density at radius 3 is 2.41 bits per heavy atom. The summed E-state index contributed by atoms with van der Waals surface area (Å²) in [6.07, 6.45) is 5.05. The minimum Gasteiger partial charge on any atom is -0.299 e. The number of rotatable bonds is 4. The van der Waals surface area contributed by atoms with Crippen LogP contribution >= 0.6 is 0 Å². The fraction of sp³-hybridized carbons (Fsp3) is 0.0417. The van der Waals surface area contributed by atoms with E-state index in [1.807, 2.05) is 77.2 Å². The third-order valence-corrected chi connectivity index (χ3v) is 5.49. The monoisotopic (exact) mass is 419 g/mol. The zero-order valence-corrected chi connectivity index (χ0v) is 16.9. The van der Waals surface area contributed by atoms with Crippen molar-refractivity contribution in [1.29, 1.82) is 0 Å². The first-order valence-electron chi connectivity index (χ1n) is 10.2. The Morgan fingerprint density at radius 2 is 1.59 bits per heavy atom. The fourth-order valence-electron chi connectivity index (χ4n) is 4.02. The lowest BCUT2D eigenvalue weighted by atomic mass is 10.2. The molecule has 0 saturated carbocycles. The summed E-state index contributed by atoms with van der Waals surface area (Å²) in [7, 11) is 0. The van der Waals surface area contributed by atoms with Gasteiger partial charge in [0.1, 0.15) is 23.2 Å². The number of imidazole rings is 1. The molecule has 4 aromatic heterocycles. The molecule has 8 nitrogen and oxygen atoms in total. The molecule has 0 aliphatic rings. The van der Waals surface area contributed by atoms with Crippen molar-refractivity contribution in [3.05, 3.63) is 108 Å². The summed E-state index contributed by atoms with van der Waals surface area (Å²) in [4.78, 5) is 22.8. The van der Waals surface area contributed by atoms with Crippen LogP contribution in [0.2, 0.25) is 0 Å². The molecule has 0 spiro atoms. The van der Waals surface area contributed by atoms with E-state index in [2.05, 4.69) is 20.3 Å². The van der Waals surface area contributed by atoms with Crippen molar-refractivity contribution < 1.29 is 0 Å². The first-order valence-corrected chi connectivity index (χ1v) is 10.2. The molecule has 0 aliphatic heterocycles. The van der Waals surface area contributed by atoms with E-state index in [1.165, 1.54) is 0 Å². The van der Waals surface area contributed by atoms with E-state index in [9.17, 15) is 4.79 Å². The molecule has 154 valence electrons. The van der Waals surface area contributed by atoms with Crippen molar-refractivity contribution in [3.8, 4) is 17.1 Å². The fourth-order valence-corrected chi connectivity index (χ4v) is 4.02. The second-order valence-corrected chi connectivity index (χ2v) is 7.38. The largest absolute Gasteiger partial charge is 0.299 e. The average molecular weight is 419 g/mol. The summed E-state index contributed by atoms with van der Waals surface area (Å²) in [5.74, 6) is 0. The summed E-state index contributed by atoms with van der Waals surface area (Å²) in [6, 6.07) is 23.2. The summed E-state index contributed by atoms with van der Waals surface area (Å²) < 4.78 is 5.28. The van der Waals surface area contributed by atoms with Crippen LogP contribution in [0.25, 0.3) is 33.6 Å². The van der Waals surface area contributed by atoms with Crippen LogP contribution in [-0.4, -0.2) is 33.9 Å². The quantitative estimate of drug-likeness (QED) is 0.438. The van der Waals surface area contributed by atoms with Crippen LogP contribution < -0.4 is 5.56 Å². The molecule has 4 heterocycles. The van der Waals surface area contributed by atoms with Gasteiger partial charge < -0.3 is 0 Å². The first-order chi connectivity index (χ1) is 15.8. The number of hydrogen-bond donors (Lipinski definition) is 0. The lowest BCUT2D eigenvalue weighted by Crippen LogP contribution is -2.24. The Bertz CT molecular complexity index is 1610. The molecule has 6 rings (SSSR count). The number of pyridine rings is 1. The van der Waals surface area contributed by atoms with Crippen LogP contribution in [0, 0.1) is 0 Å². The highest BCUT2D eigenvalue weighted by molar-refractivity contribution is 5.84. The van der Waals surface area contributed by atoms with Crippen molar-refractivity contribution in [1.82, 2.24) is 33.9 Å². The molecular weight excluding hydrogens is 402 g/mol. The zero-order valence-electron chi connectivity index (χ0n) is 16.9. The summed E-state index contributed by atoms with van der Waals surface area (Å²) in [5, 5.41) is 8.32. The van der Waals surface area contributed by atoms with E-state index >= 15 is 0 Å². The molecule has 2 aromatic carbocycles. The third kappa shape index (κ3) is 2.81. The van der Waals surface area contributed by atoms with E-state index < -0.39 is 0 Å². The Kier molecular flexibility index (Phi) is 4.14. The number of benzene rings is 2. The van der Waals surface area contributed by atoms with E-state index in [4.69, 9.17) is 0 Å². The molecule has 0 radical (unpaired) electrons. The Balaban J connectivity index is 1.64. The van der Waals surface area contributed by atoms with Crippen LogP contribution in [0.5, 0.6) is 0 Å². The van der Waals surface area contributed by atoms with Crippen molar-refractivity contribution in [2.45, 2.75) is 6.54 Å². The number of hydrogen-bond acceptors (Lipinski definition) is 5. The summed E-state index contributed by atoms with van der Waals surface area (Å²) in [5.41, 5.74) is 4.85. The molecule has 0 bridgehead atoms. The van der Waals surface area contributed by atoms with Gasteiger partial charge in [-0.2, -0.15) is 0 Å². The van der Waals surface area contributed by atoms with Crippen molar-refractivity contribution >= 4 is 16.6 Å². The Labute approximate surface area is 182 Å². The average Bonchev–Trinajstić information content (AvgIpc) is 3.50. The maximum Gasteiger partial charge on any atom is 0.278 e. The normalized spacial score (nSPS) is 11.4. The second-order valence-electron chi connectivity index (χ2n) is 7.38. The van der Waals surface area contributed by atoms with Crippen molar-refractivity contribution in [3.63, 3.8) is 0 Å². The molecular formula is C24H17N7O. The van der Waals surface area contributed by atoms with Crippen molar-refractivity contribution in [2.24, 2.45) is 0 Å². The predicted octanol–water partition coefficient (Wildman–Crippen LogP) is 3.34. The lowest BCUT2D eigenvalue weighted by Gasteiger charge is -2.12. The number of nitrogens with zero attached hydrogens (tertiary/aromatic N) is 7. The van der Waals surface area contributed by atoms with Crippen LogP contribution in [0.1, 0.15) is 5.69 Å². The smallest absolute Gasteiger partial charge is 0.278 e. The standard InChI is InChI=1S/C24H17N7O/c32-24-23-22(21-14-27-28-31(21)18-9-2-1-3-10-18)26-16-30(23)20-12-5-4-11-19(20)29(24)15-17-8-6-7-13-25-17/h1-14,16H,15H2. The number of para-hydroxylation sites is 3. The summed E-state index contributed by atoms with van der Waals surface area (Å²) >= 11 is 0. The highest BCUT2D eigenvalue weighted by Gasteiger charge is 2.20. The van der Waals surface area contributed by atoms with Crippen LogP contribution in [0.15, 0.2) is 96.3 Å². The van der Waals surface area contributed by atoms with Crippen molar-refractivity contribution in [2.75, 3.05) is 0 Å². The maximum atomic E-state index is 13.8. The van der Waals surface area contributed by atoms with E-state index in [0.29, 0.717) is 23.4 Å². The molecule has 0 saturated heterocycles. The van der Waals surface area contributed by atoms with Gasteiger partial charge in [0, 0.05) is 6.20 Å². The molecule has 6 aromatic rings. The van der Waals surface area contributed by atoms with Gasteiger partial charge in [-0.1, -0.05) is 41.6 Å². The van der Waals surface area contributed by atoms with E-state index in [-0.39, 0.29) is 5.56 Å². The van der Waals surface area contributed by atoms with E-state index in [1.54, 1.807) is 28.0 Å². The van der Waals surface area contributed by atoms with Crippen LogP contribution in [-0.2, 0) is 6.54 Å². The van der Waals surface area contributed by atoms with Gasteiger partial charge in [-0.3, -0.25) is 18.7 Å². The molecule has 8 heteroatoms. The maximum absolute atomic E-state index is 13.8. The molecule has 0 N–H and O–H groups in total. The topological polar surface area (TPSA) is 82.9 Å². The van der Waals surface area contributed by atoms with Gasteiger partial charge in [-0.15, -0.1) is 5.10 Å². The summed E-state index contributed by atoms with van der Waals surface area (Å²) in [6.45, 7) is 0.359. The third-order valence-electron chi connectivity index (χ3n) is 5.49. The second kappa shape index (κ2) is 7.28. The molecule has 0 fully saturated rings. The lowest BCUT2D eigenvalue weighted by molar-refractivity contribution is 0.770. The number of fused-ring (bicyclic) bond motifs is 3. The predicted molar refractivity (Wildman–Crippen MR) is 121 cm³/mol. The van der Waals surface area contributed by atoms with Gasteiger partial charge in [-0.25, -0.2) is 9.67 Å². The first kappa shape index (κ1) is 18.2. The number of aromatic nitrogens is 7. The van der Waals surface area contributed by atoms with Gasteiger partial charge in [0.2, 0.25) is 0 Å². The molecule has 0 aliphatic carbocycles. The van der Waals surface area contributed by atoms with Gasteiger partial charge in [0.15, 0.2) is 0 Å². The molecule has 0 atom stereocenters. The minimum atomic E-state index is -0.150. The van der Waals surface area contributed by atoms with Gasteiger partial charge >= 0.3 is 0 Å². The highest BCUT2D eigenvalue weighted by Crippen LogP contribution is 2.25. The highest BCUT2D eigenvalue weighted by atomic mass is 16.1. The zero-order chi connectivity index (χ0) is 21.5. The van der Waals surface area contributed by atoms with Crippen LogP contribution in [0.4, 0.5) is 0 Å². The Hall–Kier alpha value is -4.59. The molecule has 0 unspecified atom stereocenters. The molecule has 0 amide bonds. The van der Waals surface area contributed by atoms with Gasteiger partial charge in [0.25, 0.3) is 5.56 Å². The van der Waals surface area contributed by atoms with Gasteiger partial charge in [-0.05, 0) is 36.4 Å². The molecule has 32 heavy (non-hydrogen) atoms. The van der Waals surface area contributed by atoms with Gasteiger partial charge in [0.05, 0.1) is 35.2 Å². The van der Waals surface area contributed by atoms with E-state index in [0.717, 1.165) is 22.4 Å². The Morgan fingerprint density at radius 1 is 0.812 bits per heavy atom. The SMILES string of the molecule is O=c1c2c(-c3cnnn3-c3ccccc3)ncn2c2ccccc2n1Cc1ccccn1. The van der Waals surface area contributed by atoms with Crippen LogP contribution in [0.3, 0.4) is 0 Å².